The molecule has 3 rings (SSSR count). The average Bonchev–Trinajstić information content (AvgIpc) is 3.06. The molecule has 1 aliphatic rings. The molecule has 122 valence electrons. The van der Waals surface area contributed by atoms with E-state index in [1.54, 1.807) is 18.2 Å². The summed E-state index contributed by atoms with van der Waals surface area (Å²) >= 11 is 0. The Morgan fingerprint density at radius 3 is 2.79 bits per heavy atom. The number of hydrogen-bond acceptors (Lipinski definition) is 4. The maximum Gasteiger partial charge on any atom is 0.252 e. The maximum absolute atomic E-state index is 12.1. The van der Waals surface area contributed by atoms with Crippen molar-refractivity contribution in [3.63, 3.8) is 0 Å². The summed E-state index contributed by atoms with van der Waals surface area (Å²) in [6, 6.07) is 13.0. The SMILES string of the molecule is CN(C)c1ccccc1C#CCNC(=O)c1ccc2c(c1)OCO2. The highest BCUT2D eigenvalue weighted by molar-refractivity contribution is 5.95. The maximum atomic E-state index is 12.1. The second-order valence-corrected chi connectivity index (χ2v) is 5.46. The minimum Gasteiger partial charge on any atom is -0.454 e. The van der Waals surface area contributed by atoms with Crippen LogP contribution in [0.3, 0.4) is 0 Å². The third-order valence-corrected chi connectivity index (χ3v) is 3.58. The van der Waals surface area contributed by atoms with Gasteiger partial charge in [0.05, 0.1) is 12.2 Å². The van der Waals surface area contributed by atoms with Crippen molar-refractivity contribution in [1.82, 2.24) is 5.32 Å². The monoisotopic (exact) mass is 322 g/mol. The van der Waals surface area contributed by atoms with Gasteiger partial charge in [-0.3, -0.25) is 4.79 Å². The molecule has 0 spiro atoms. The predicted molar refractivity (Wildman–Crippen MR) is 92.5 cm³/mol. The van der Waals surface area contributed by atoms with Gasteiger partial charge in [-0.15, -0.1) is 0 Å². The molecule has 1 aliphatic heterocycles. The van der Waals surface area contributed by atoms with Gasteiger partial charge in [-0.1, -0.05) is 24.0 Å². The van der Waals surface area contributed by atoms with Crippen molar-refractivity contribution >= 4 is 11.6 Å². The lowest BCUT2D eigenvalue weighted by atomic mass is 10.1. The van der Waals surface area contributed by atoms with Crippen molar-refractivity contribution in [2.45, 2.75) is 0 Å². The van der Waals surface area contributed by atoms with E-state index in [1.807, 2.05) is 43.3 Å². The Bertz CT molecular complexity index is 819. The average molecular weight is 322 g/mol. The zero-order chi connectivity index (χ0) is 16.9. The lowest BCUT2D eigenvalue weighted by Gasteiger charge is -2.13. The fraction of sp³-hybridized carbons (Fsp3) is 0.211. The van der Waals surface area contributed by atoms with E-state index in [9.17, 15) is 4.79 Å². The Morgan fingerprint density at radius 2 is 1.96 bits per heavy atom. The van der Waals surface area contributed by atoms with Crippen molar-refractivity contribution in [2.75, 3.05) is 32.3 Å². The van der Waals surface area contributed by atoms with Gasteiger partial charge in [0.15, 0.2) is 11.5 Å². The van der Waals surface area contributed by atoms with Gasteiger partial charge >= 0.3 is 0 Å². The molecular weight excluding hydrogens is 304 g/mol. The first-order valence-electron chi connectivity index (χ1n) is 7.58. The number of carbonyl (C=O) groups excluding carboxylic acids is 1. The molecule has 1 amide bonds. The topological polar surface area (TPSA) is 50.8 Å². The normalized spacial score (nSPS) is 11.4. The number of nitrogens with one attached hydrogen (secondary N) is 1. The molecule has 1 N–H and O–H groups in total. The molecule has 0 aliphatic carbocycles. The van der Waals surface area contributed by atoms with Crippen LogP contribution in [0, 0.1) is 11.8 Å². The van der Waals surface area contributed by atoms with Crippen LogP contribution in [0.1, 0.15) is 15.9 Å². The molecule has 24 heavy (non-hydrogen) atoms. The number of fused-ring (bicyclic) bond motifs is 1. The Kier molecular flexibility index (Phi) is 4.57. The molecule has 2 aromatic rings. The van der Waals surface area contributed by atoms with E-state index < -0.39 is 0 Å². The first kappa shape index (κ1) is 15.8. The summed E-state index contributed by atoms with van der Waals surface area (Å²) < 4.78 is 10.5. The number of amides is 1. The zero-order valence-electron chi connectivity index (χ0n) is 13.6. The minimum absolute atomic E-state index is 0.191. The standard InChI is InChI=1S/C19H18N2O3/c1-21(2)16-8-4-3-6-14(16)7-5-11-20-19(22)15-9-10-17-18(12-15)24-13-23-17/h3-4,6,8-10,12H,11,13H2,1-2H3,(H,20,22). The lowest BCUT2D eigenvalue weighted by molar-refractivity contribution is 0.0958. The molecule has 0 radical (unpaired) electrons. The third-order valence-electron chi connectivity index (χ3n) is 3.58. The molecule has 2 aromatic carbocycles. The van der Waals surface area contributed by atoms with Crippen LogP contribution in [-0.2, 0) is 0 Å². The first-order valence-corrected chi connectivity index (χ1v) is 7.58. The molecular formula is C19H18N2O3. The zero-order valence-corrected chi connectivity index (χ0v) is 13.6. The Morgan fingerprint density at radius 1 is 1.17 bits per heavy atom. The molecule has 5 heteroatoms. The van der Waals surface area contributed by atoms with Gasteiger partial charge in [0.25, 0.3) is 5.91 Å². The molecule has 0 bridgehead atoms. The minimum atomic E-state index is -0.191. The van der Waals surface area contributed by atoms with Gasteiger partial charge in [0.1, 0.15) is 0 Å². The van der Waals surface area contributed by atoms with E-state index in [0.717, 1.165) is 11.3 Å². The summed E-state index contributed by atoms with van der Waals surface area (Å²) in [7, 11) is 3.95. The van der Waals surface area contributed by atoms with Crippen molar-refractivity contribution < 1.29 is 14.3 Å². The number of carbonyl (C=O) groups is 1. The second-order valence-electron chi connectivity index (χ2n) is 5.46. The van der Waals surface area contributed by atoms with E-state index in [1.165, 1.54) is 0 Å². The molecule has 1 heterocycles. The molecule has 0 unspecified atom stereocenters. The predicted octanol–water partition coefficient (Wildman–Crippen LogP) is 2.26. The van der Waals surface area contributed by atoms with Crippen molar-refractivity contribution in [1.29, 1.82) is 0 Å². The number of nitrogens with zero attached hydrogens (tertiary/aromatic N) is 1. The Labute approximate surface area is 141 Å². The number of benzene rings is 2. The van der Waals surface area contributed by atoms with Gasteiger partial charge < -0.3 is 19.7 Å². The highest BCUT2D eigenvalue weighted by Gasteiger charge is 2.15. The van der Waals surface area contributed by atoms with Gasteiger partial charge in [-0.05, 0) is 30.3 Å². The smallest absolute Gasteiger partial charge is 0.252 e. The fourth-order valence-electron chi connectivity index (χ4n) is 2.37. The molecule has 0 aromatic heterocycles. The van der Waals surface area contributed by atoms with E-state index in [-0.39, 0.29) is 19.2 Å². The van der Waals surface area contributed by atoms with Crippen molar-refractivity contribution in [3.05, 3.63) is 53.6 Å². The van der Waals surface area contributed by atoms with E-state index in [0.29, 0.717) is 17.1 Å². The molecule has 0 fully saturated rings. The van der Waals surface area contributed by atoms with Crippen LogP contribution in [-0.4, -0.2) is 33.3 Å². The van der Waals surface area contributed by atoms with E-state index in [2.05, 4.69) is 17.2 Å². The number of para-hydroxylation sites is 1. The number of ether oxygens (including phenoxy) is 2. The van der Waals surface area contributed by atoms with Gasteiger partial charge in [-0.25, -0.2) is 0 Å². The lowest BCUT2D eigenvalue weighted by Crippen LogP contribution is -2.23. The van der Waals surface area contributed by atoms with Gasteiger partial charge in [0.2, 0.25) is 6.79 Å². The fourth-order valence-corrected chi connectivity index (χ4v) is 2.37. The summed E-state index contributed by atoms with van der Waals surface area (Å²) in [4.78, 5) is 14.2. The van der Waals surface area contributed by atoms with E-state index >= 15 is 0 Å². The summed E-state index contributed by atoms with van der Waals surface area (Å²) in [6.07, 6.45) is 0. The van der Waals surface area contributed by atoms with Crippen LogP contribution >= 0.6 is 0 Å². The van der Waals surface area contributed by atoms with Crippen molar-refractivity contribution in [2.24, 2.45) is 0 Å². The second kappa shape index (κ2) is 6.97. The quantitative estimate of drug-likeness (QED) is 0.881. The first-order chi connectivity index (χ1) is 11.6. The third kappa shape index (κ3) is 3.44. The summed E-state index contributed by atoms with van der Waals surface area (Å²) in [5.74, 6) is 7.14. The Hall–Kier alpha value is -3.13. The number of anilines is 1. The van der Waals surface area contributed by atoms with Crippen LogP contribution in [0.5, 0.6) is 11.5 Å². The highest BCUT2D eigenvalue weighted by atomic mass is 16.7. The molecule has 0 atom stereocenters. The molecule has 0 saturated carbocycles. The van der Waals surface area contributed by atoms with Crippen LogP contribution in [0.25, 0.3) is 0 Å². The van der Waals surface area contributed by atoms with Crippen LogP contribution in [0.15, 0.2) is 42.5 Å². The van der Waals surface area contributed by atoms with Crippen molar-refractivity contribution in [3.8, 4) is 23.3 Å². The largest absolute Gasteiger partial charge is 0.454 e. The summed E-state index contributed by atoms with van der Waals surface area (Å²) in [6.45, 7) is 0.464. The van der Waals surface area contributed by atoms with Gasteiger partial charge in [0, 0.05) is 25.2 Å². The van der Waals surface area contributed by atoms with Crippen LogP contribution in [0.2, 0.25) is 0 Å². The van der Waals surface area contributed by atoms with Crippen LogP contribution < -0.4 is 19.7 Å². The highest BCUT2D eigenvalue weighted by Crippen LogP contribution is 2.32. The summed E-state index contributed by atoms with van der Waals surface area (Å²) in [5, 5.41) is 2.79. The van der Waals surface area contributed by atoms with Gasteiger partial charge in [-0.2, -0.15) is 0 Å². The summed E-state index contributed by atoms with van der Waals surface area (Å²) in [5.41, 5.74) is 2.50. The Balaban J connectivity index is 1.62. The molecule has 5 nitrogen and oxygen atoms in total. The number of rotatable bonds is 3. The molecule has 0 saturated heterocycles. The number of hydrogen-bond donors (Lipinski definition) is 1. The van der Waals surface area contributed by atoms with E-state index in [4.69, 9.17) is 9.47 Å². The van der Waals surface area contributed by atoms with Crippen LogP contribution in [0.4, 0.5) is 5.69 Å².